The zero-order valence-electron chi connectivity index (χ0n) is 25.2. The van der Waals surface area contributed by atoms with Crippen LogP contribution in [-0.2, 0) is 30.3 Å². The molecule has 0 aromatic heterocycles. The van der Waals surface area contributed by atoms with E-state index in [1.165, 1.54) is 4.90 Å². The van der Waals surface area contributed by atoms with E-state index in [0.29, 0.717) is 24.0 Å². The van der Waals surface area contributed by atoms with Crippen LogP contribution >= 0.6 is 0 Å². The number of benzene rings is 2. The Morgan fingerprint density at radius 1 is 0.929 bits per heavy atom. The third-order valence-corrected chi connectivity index (χ3v) is 6.22. The fraction of sp³-hybridized carbons (Fsp3) is 0.455. The SMILES string of the molecule is C#Cc1ccc(C(C(=O)NC(Cc2ccccc2)C(=O)OC(C)(C)C)N(C(=O)CNC(=O)OC(C)(C)C)C2CC2)cc1. The van der Waals surface area contributed by atoms with Crippen LogP contribution in [0.5, 0.6) is 0 Å². The molecule has 3 amide bonds. The number of nitrogens with zero attached hydrogens (tertiary/aromatic N) is 1. The van der Waals surface area contributed by atoms with Crippen LogP contribution in [0, 0.1) is 12.3 Å². The normalized spacial score (nSPS) is 14.5. The van der Waals surface area contributed by atoms with Gasteiger partial charge in [0.1, 0.15) is 29.8 Å². The van der Waals surface area contributed by atoms with E-state index in [9.17, 15) is 19.2 Å². The maximum atomic E-state index is 14.1. The minimum atomic E-state index is -1.09. The molecule has 0 saturated heterocycles. The molecule has 42 heavy (non-hydrogen) atoms. The van der Waals surface area contributed by atoms with E-state index in [0.717, 1.165) is 5.56 Å². The van der Waals surface area contributed by atoms with Crippen molar-refractivity contribution in [2.24, 2.45) is 0 Å². The standard InChI is InChI=1S/C33H41N3O6/c1-8-22-14-16-24(17-15-22)28(36(25-18-19-25)27(37)21-34-31(40)42-33(5,6)7)29(38)35-26(30(39)41-32(2,3)4)20-23-12-10-9-11-13-23/h1,9-17,25-26,28H,18-21H2,2-7H3,(H,34,40)(H,35,38). The lowest BCUT2D eigenvalue weighted by molar-refractivity contribution is -0.159. The average molecular weight is 576 g/mol. The molecule has 1 fully saturated rings. The maximum absolute atomic E-state index is 14.1. The molecule has 2 aromatic carbocycles. The van der Waals surface area contributed by atoms with Gasteiger partial charge in [0.15, 0.2) is 0 Å². The second kappa shape index (κ2) is 13.6. The summed E-state index contributed by atoms with van der Waals surface area (Å²) >= 11 is 0. The van der Waals surface area contributed by atoms with E-state index in [-0.39, 0.29) is 19.0 Å². The fourth-order valence-corrected chi connectivity index (χ4v) is 4.33. The summed E-state index contributed by atoms with van der Waals surface area (Å²) in [7, 11) is 0. The van der Waals surface area contributed by atoms with Crippen molar-refractivity contribution in [3.05, 3.63) is 71.3 Å². The Morgan fingerprint density at radius 2 is 1.52 bits per heavy atom. The summed E-state index contributed by atoms with van der Waals surface area (Å²) in [5.41, 5.74) is 0.459. The third-order valence-electron chi connectivity index (χ3n) is 6.22. The number of carbonyl (C=O) groups is 4. The Labute approximate surface area is 248 Å². The van der Waals surface area contributed by atoms with Gasteiger partial charge < -0.3 is 25.0 Å². The second-order valence-corrected chi connectivity index (χ2v) is 12.3. The second-order valence-electron chi connectivity index (χ2n) is 12.3. The summed E-state index contributed by atoms with van der Waals surface area (Å²) in [6.07, 6.45) is 6.39. The quantitative estimate of drug-likeness (QED) is 0.323. The molecule has 2 N–H and O–H groups in total. The van der Waals surface area contributed by atoms with Crippen LogP contribution < -0.4 is 10.6 Å². The number of hydrogen-bond donors (Lipinski definition) is 2. The summed E-state index contributed by atoms with van der Waals surface area (Å²) in [5, 5.41) is 5.37. The topological polar surface area (TPSA) is 114 Å². The van der Waals surface area contributed by atoms with E-state index in [2.05, 4.69) is 16.6 Å². The Kier molecular flexibility index (Phi) is 10.4. The first-order valence-corrected chi connectivity index (χ1v) is 14.1. The van der Waals surface area contributed by atoms with Gasteiger partial charge in [0.05, 0.1) is 0 Å². The van der Waals surface area contributed by atoms with Crippen LogP contribution in [0.15, 0.2) is 54.6 Å². The number of carbonyl (C=O) groups excluding carboxylic acids is 4. The van der Waals surface area contributed by atoms with Crippen molar-refractivity contribution in [1.82, 2.24) is 15.5 Å². The lowest BCUT2D eigenvalue weighted by Gasteiger charge is -2.33. The van der Waals surface area contributed by atoms with Gasteiger partial charge in [-0.1, -0.05) is 48.4 Å². The van der Waals surface area contributed by atoms with Crippen molar-refractivity contribution < 1.29 is 28.7 Å². The first-order valence-electron chi connectivity index (χ1n) is 14.1. The van der Waals surface area contributed by atoms with Crippen LogP contribution in [0.2, 0.25) is 0 Å². The molecule has 0 aliphatic heterocycles. The van der Waals surface area contributed by atoms with Crippen LogP contribution in [0.1, 0.15) is 77.1 Å². The molecule has 0 bridgehead atoms. The molecule has 9 heteroatoms. The predicted octanol–water partition coefficient (Wildman–Crippen LogP) is 4.29. The smallest absolute Gasteiger partial charge is 0.408 e. The van der Waals surface area contributed by atoms with Crippen LogP contribution in [-0.4, -0.2) is 58.6 Å². The summed E-state index contributed by atoms with van der Waals surface area (Å²) in [4.78, 5) is 54.7. The van der Waals surface area contributed by atoms with Crippen molar-refractivity contribution in [2.45, 2.75) is 90.1 Å². The molecular weight excluding hydrogens is 534 g/mol. The van der Waals surface area contributed by atoms with E-state index >= 15 is 0 Å². The van der Waals surface area contributed by atoms with Crippen molar-refractivity contribution in [3.8, 4) is 12.3 Å². The number of esters is 1. The van der Waals surface area contributed by atoms with Crippen molar-refractivity contribution >= 4 is 23.9 Å². The molecule has 1 aliphatic carbocycles. The molecule has 1 saturated carbocycles. The summed E-state index contributed by atoms with van der Waals surface area (Å²) in [6.45, 7) is 10.1. The summed E-state index contributed by atoms with van der Waals surface area (Å²) < 4.78 is 10.9. The zero-order chi connectivity index (χ0) is 31.1. The van der Waals surface area contributed by atoms with Gasteiger partial charge in [0.25, 0.3) is 0 Å². The molecule has 0 spiro atoms. The Bertz CT molecular complexity index is 1300. The monoisotopic (exact) mass is 575 g/mol. The van der Waals surface area contributed by atoms with Gasteiger partial charge in [0, 0.05) is 18.0 Å². The van der Waals surface area contributed by atoms with Crippen molar-refractivity contribution in [3.63, 3.8) is 0 Å². The summed E-state index contributed by atoms with van der Waals surface area (Å²) in [6, 6.07) is 13.8. The molecule has 0 heterocycles. The van der Waals surface area contributed by atoms with Gasteiger partial charge >= 0.3 is 12.1 Å². The molecule has 3 rings (SSSR count). The van der Waals surface area contributed by atoms with Gasteiger partial charge in [-0.2, -0.15) is 0 Å². The molecule has 2 atom stereocenters. The highest BCUT2D eigenvalue weighted by atomic mass is 16.6. The van der Waals surface area contributed by atoms with Gasteiger partial charge in [-0.3, -0.25) is 9.59 Å². The highest BCUT2D eigenvalue weighted by molar-refractivity contribution is 5.93. The van der Waals surface area contributed by atoms with E-state index in [4.69, 9.17) is 15.9 Å². The van der Waals surface area contributed by atoms with Crippen molar-refractivity contribution in [1.29, 1.82) is 0 Å². The first-order chi connectivity index (χ1) is 19.7. The number of terminal acetylenes is 1. The Balaban J connectivity index is 1.93. The van der Waals surface area contributed by atoms with Crippen LogP contribution in [0.25, 0.3) is 0 Å². The zero-order valence-corrected chi connectivity index (χ0v) is 25.2. The molecule has 9 nitrogen and oxygen atoms in total. The van der Waals surface area contributed by atoms with Crippen molar-refractivity contribution in [2.75, 3.05) is 6.54 Å². The highest BCUT2D eigenvalue weighted by Gasteiger charge is 2.42. The number of ether oxygens (including phenoxy) is 2. The predicted molar refractivity (Wildman–Crippen MR) is 159 cm³/mol. The minimum absolute atomic E-state index is 0.196. The molecule has 0 radical (unpaired) electrons. The van der Waals surface area contributed by atoms with Gasteiger partial charge in [-0.25, -0.2) is 9.59 Å². The molecule has 224 valence electrons. The van der Waals surface area contributed by atoms with Gasteiger partial charge in [0.2, 0.25) is 11.8 Å². The summed E-state index contributed by atoms with van der Waals surface area (Å²) in [5.74, 6) is 0.962. The number of amides is 3. The van der Waals surface area contributed by atoms with E-state index in [1.807, 2.05) is 30.3 Å². The Hall–Kier alpha value is -4.32. The number of hydrogen-bond acceptors (Lipinski definition) is 6. The lowest BCUT2D eigenvalue weighted by Crippen LogP contribution is -2.52. The maximum Gasteiger partial charge on any atom is 0.408 e. The Morgan fingerprint density at radius 3 is 2.05 bits per heavy atom. The van der Waals surface area contributed by atoms with Crippen LogP contribution in [0.3, 0.4) is 0 Å². The lowest BCUT2D eigenvalue weighted by atomic mass is 10.00. The van der Waals surface area contributed by atoms with Crippen LogP contribution in [0.4, 0.5) is 4.79 Å². The molecular formula is C33H41N3O6. The van der Waals surface area contributed by atoms with Gasteiger partial charge in [-0.05, 0) is 77.6 Å². The minimum Gasteiger partial charge on any atom is -0.458 e. The third kappa shape index (κ3) is 9.95. The molecule has 1 aliphatic rings. The first kappa shape index (κ1) is 32.2. The van der Waals surface area contributed by atoms with E-state index in [1.54, 1.807) is 65.8 Å². The number of nitrogens with one attached hydrogen (secondary N) is 2. The fourth-order valence-electron chi connectivity index (χ4n) is 4.33. The number of alkyl carbamates (subject to hydrolysis) is 1. The molecule has 2 unspecified atom stereocenters. The highest BCUT2D eigenvalue weighted by Crippen LogP contribution is 2.35. The van der Waals surface area contributed by atoms with E-state index < -0.39 is 47.2 Å². The number of rotatable bonds is 10. The average Bonchev–Trinajstić information content (AvgIpc) is 3.74. The molecule has 2 aromatic rings. The largest absolute Gasteiger partial charge is 0.458 e. The van der Waals surface area contributed by atoms with Gasteiger partial charge in [-0.15, -0.1) is 6.42 Å².